The third kappa shape index (κ3) is 1.52. The summed E-state index contributed by atoms with van der Waals surface area (Å²) in [5, 5.41) is 4.67. The number of hydrogen-bond donors (Lipinski definition) is 1. The van der Waals surface area contributed by atoms with E-state index in [-0.39, 0.29) is 0 Å². The lowest BCUT2D eigenvalue weighted by Gasteiger charge is -2.26. The third-order valence-electron chi connectivity index (χ3n) is 3.46. The van der Waals surface area contributed by atoms with Crippen LogP contribution in [-0.2, 0) is 0 Å². The number of aryl methyl sites for hydroxylation is 1. The van der Waals surface area contributed by atoms with E-state index in [9.17, 15) is 0 Å². The number of aromatic nitrogens is 2. The van der Waals surface area contributed by atoms with Crippen LogP contribution >= 0.6 is 0 Å². The average molecular weight is 215 g/mol. The first-order valence-electron chi connectivity index (χ1n) is 5.99. The maximum Gasteiger partial charge on any atom is 0.140 e. The van der Waals surface area contributed by atoms with Gasteiger partial charge in [0, 0.05) is 23.3 Å². The predicted octanol–water partition coefficient (Wildman–Crippen LogP) is 2.27. The molecule has 1 N–H and O–H groups in total. The van der Waals surface area contributed by atoms with Gasteiger partial charge in [-0.05, 0) is 51.1 Å². The second kappa shape index (κ2) is 3.91. The summed E-state index contributed by atoms with van der Waals surface area (Å²) in [6.07, 6.45) is 4.31. The molecule has 1 aliphatic rings. The smallest absolute Gasteiger partial charge is 0.140 e. The van der Waals surface area contributed by atoms with Gasteiger partial charge in [-0.2, -0.15) is 0 Å². The summed E-state index contributed by atoms with van der Waals surface area (Å²) in [6, 6.07) is 7.01. The van der Waals surface area contributed by atoms with Crippen LogP contribution in [0.4, 0.5) is 0 Å². The molecule has 0 aliphatic carbocycles. The maximum absolute atomic E-state index is 4.52. The average Bonchev–Trinajstić information content (AvgIpc) is 2.66. The van der Waals surface area contributed by atoms with Crippen molar-refractivity contribution in [2.24, 2.45) is 0 Å². The van der Waals surface area contributed by atoms with E-state index in [4.69, 9.17) is 0 Å². The van der Waals surface area contributed by atoms with E-state index in [1.807, 2.05) is 12.3 Å². The van der Waals surface area contributed by atoms with Crippen LogP contribution in [0.5, 0.6) is 0 Å². The highest BCUT2D eigenvalue weighted by Gasteiger charge is 2.18. The number of piperidine rings is 1. The van der Waals surface area contributed by atoms with E-state index in [0.29, 0.717) is 6.04 Å². The number of pyridine rings is 1. The lowest BCUT2D eigenvalue weighted by Crippen LogP contribution is -2.29. The Labute approximate surface area is 95.5 Å². The molecular weight excluding hydrogens is 198 g/mol. The van der Waals surface area contributed by atoms with Crippen molar-refractivity contribution in [2.75, 3.05) is 13.1 Å². The molecule has 1 fully saturated rings. The van der Waals surface area contributed by atoms with E-state index in [0.717, 1.165) is 18.7 Å². The van der Waals surface area contributed by atoms with Gasteiger partial charge in [-0.15, -0.1) is 0 Å². The van der Waals surface area contributed by atoms with Crippen molar-refractivity contribution in [1.29, 1.82) is 0 Å². The molecule has 2 aromatic rings. The van der Waals surface area contributed by atoms with E-state index in [1.165, 1.54) is 23.9 Å². The molecule has 16 heavy (non-hydrogen) atoms. The summed E-state index contributed by atoms with van der Waals surface area (Å²) in [6.45, 7) is 4.43. The van der Waals surface area contributed by atoms with Crippen molar-refractivity contribution in [3.05, 3.63) is 30.1 Å². The van der Waals surface area contributed by atoms with Gasteiger partial charge in [-0.1, -0.05) is 0 Å². The number of nitrogens with zero attached hydrogens (tertiary/aromatic N) is 2. The number of hydrogen-bond acceptors (Lipinski definition) is 2. The monoisotopic (exact) mass is 215 g/mol. The lowest BCUT2D eigenvalue weighted by molar-refractivity contribution is 0.370. The van der Waals surface area contributed by atoms with Gasteiger partial charge in [0.25, 0.3) is 0 Å². The van der Waals surface area contributed by atoms with Crippen molar-refractivity contribution in [1.82, 2.24) is 14.9 Å². The summed E-state index contributed by atoms with van der Waals surface area (Å²) in [5.41, 5.74) is 2.48. The SMILES string of the molecule is Cc1cc2cccnc2n1C1CCNCC1. The molecule has 0 aromatic carbocycles. The second-order valence-electron chi connectivity index (χ2n) is 4.55. The molecule has 0 amide bonds. The molecule has 2 aromatic heterocycles. The first kappa shape index (κ1) is 9.85. The van der Waals surface area contributed by atoms with Crippen molar-refractivity contribution >= 4 is 11.0 Å². The molecule has 0 atom stereocenters. The molecule has 0 radical (unpaired) electrons. The lowest BCUT2D eigenvalue weighted by atomic mass is 10.1. The standard InChI is InChI=1S/C13H17N3/c1-10-9-11-3-2-6-15-13(11)16(10)12-4-7-14-8-5-12/h2-3,6,9,12,14H,4-5,7-8H2,1H3. The zero-order valence-electron chi connectivity index (χ0n) is 9.61. The molecule has 1 saturated heterocycles. The summed E-state index contributed by atoms with van der Waals surface area (Å²) in [5.74, 6) is 0. The van der Waals surface area contributed by atoms with Crippen molar-refractivity contribution < 1.29 is 0 Å². The van der Waals surface area contributed by atoms with Gasteiger partial charge < -0.3 is 9.88 Å². The Morgan fingerprint density at radius 3 is 3.00 bits per heavy atom. The first-order valence-corrected chi connectivity index (χ1v) is 5.99. The summed E-state index contributed by atoms with van der Waals surface area (Å²) in [7, 11) is 0. The highest BCUT2D eigenvalue weighted by atomic mass is 15.1. The predicted molar refractivity (Wildman–Crippen MR) is 65.6 cm³/mol. The first-order chi connectivity index (χ1) is 7.86. The summed E-state index contributed by atoms with van der Waals surface area (Å²) in [4.78, 5) is 4.52. The van der Waals surface area contributed by atoms with Gasteiger partial charge in [-0.3, -0.25) is 0 Å². The highest BCUT2D eigenvalue weighted by Crippen LogP contribution is 2.26. The Morgan fingerprint density at radius 1 is 1.38 bits per heavy atom. The molecule has 1 aliphatic heterocycles. The van der Waals surface area contributed by atoms with E-state index < -0.39 is 0 Å². The van der Waals surface area contributed by atoms with Gasteiger partial charge in [0.05, 0.1) is 0 Å². The summed E-state index contributed by atoms with van der Waals surface area (Å²) >= 11 is 0. The third-order valence-corrected chi connectivity index (χ3v) is 3.46. The zero-order valence-corrected chi connectivity index (χ0v) is 9.61. The molecule has 3 heterocycles. The van der Waals surface area contributed by atoms with Crippen LogP contribution in [0.15, 0.2) is 24.4 Å². The van der Waals surface area contributed by atoms with Crippen LogP contribution in [0.2, 0.25) is 0 Å². The highest BCUT2D eigenvalue weighted by molar-refractivity contribution is 5.77. The molecule has 3 nitrogen and oxygen atoms in total. The number of nitrogens with one attached hydrogen (secondary N) is 1. The molecule has 0 saturated carbocycles. The Kier molecular flexibility index (Phi) is 2.40. The van der Waals surface area contributed by atoms with Crippen molar-refractivity contribution in [2.45, 2.75) is 25.8 Å². The van der Waals surface area contributed by atoms with Crippen LogP contribution in [-0.4, -0.2) is 22.6 Å². The normalized spacial score (nSPS) is 18.1. The Bertz CT molecular complexity index is 495. The van der Waals surface area contributed by atoms with Crippen LogP contribution in [0, 0.1) is 6.92 Å². The minimum Gasteiger partial charge on any atom is -0.327 e. The van der Waals surface area contributed by atoms with E-state index in [2.05, 4.69) is 33.9 Å². The molecular formula is C13H17N3. The fourth-order valence-electron chi connectivity index (χ4n) is 2.71. The van der Waals surface area contributed by atoms with Gasteiger partial charge >= 0.3 is 0 Å². The van der Waals surface area contributed by atoms with Crippen LogP contribution < -0.4 is 5.32 Å². The van der Waals surface area contributed by atoms with Gasteiger partial charge in [0.1, 0.15) is 5.65 Å². The topological polar surface area (TPSA) is 29.9 Å². The molecule has 3 heteroatoms. The quantitative estimate of drug-likeness (QED) is 0.791. The second-order valence-corrected chi connectivity index (χ2v) is 4.55. The van der Waals surface area contributed by atoms with Gasteiger partial charge in [-0.25, -0.2) is 4.98 Å². The molecule has 0 unspecified atom stereocenters. The van der Waals surface area contributed by atoms with E-state index >= 15 is 0 Å². The number of rotatable bonds is 1. The maximum atomic E-state index is 4.52. The Balaban J connectivity index is 2.10. The fraction of sp³-hybridized carbons (Fsp3) is 0.462. The number of fused-ring (bicyclic) bond motifs is 1. The summed E-state index contributed by atoms with van der Waals surface area (Å²) < 4.78 is 2.41. The van der Waals surface area contributed by atoms with Gasteiger partial charge in [0.2, 0.25) is 0 Å². The Hall–Kier alpha value is -1.35. The van der Waals surface area contributed by atoms with Gasteiger partial charge in [0.15, 0.2) is 0 Å². The molecule has 0 bridgehead atoms. The molecule has 84 valence electrons. The van der Waals surface area contributed by atoms with Crippen LogP contribution in [0.25, 0.3) is 11.0 Å². The largest absolute Gasteiger partial charge is 0.327 e. The van der Waals surface area contributed by atoms with Crippen LogP contribution in [0.3, 0.4) is 0 Å². The van der Waals surface area contributed by atoms with Crippen molar-refractivity contribution in [3.63, 3.8) is 0 Å². The zero-order chi connectivity index (χ0) is 11.0. The Morgan fingerprint density at radius 2 is 2.19 bits per heavy atom. The van der Waals surface area contributed by atoms with Crippen LogP contribution in [0.1, 0.15) is 24.6 Å². The van der Waals surface area contributed by atoms with Crippen molar-refractivity contribution in [3.8, 4) is 0 Å². The fourth-order valence-corrected chi connectivity index (χ4v) is 2.71. The molecule has 3 rings (SSSR count). The minimum absolute atomic E-state index is 0.619. The minimum atomic E-state index is 0.619. The molecule has 0 spiro atoms. The van der Waals surface area contributed by atoms with E-state index in [1.54, 1.807) is 0 Å².